The summed E-state index contributed by atoms with van der Waals surface area (Å²) in [4.78, 5) is 13.2. The molecule has 0 amide bonds. The molecule has 2 atom stereocenters. The van der Waals surface area contributed by atoms with Gasteiger partial charge in [-0.2, -0.15) is 18.7 Å². The molecule has 0 spiro atoms. The van der Waals surface area contributed by atoms with Crippen LogP contribution in [0.1, 0.15) is 44.1 Å². The lowest BCUT2D eigenvalue weighted by Gasteiger charge is -2.35. The van der Waals surface area contributed by atoms with Crippen LogP contribution in [-0.2, 0) is 0 Å². The molecule has 4 aromatic rings. The van der Waals surface area contributed by atoms with E-state index in [9.17, 15) is 18.3 Å². The van der Waals surface area contributed by atoms with Gasteiger partial charge in [-0.25, -0.2) is 13.2 Å². The summed E-state index contributed by atoms with van der Waals surface area (Å²) in [5.41, 5.74) is -2.27. The fourth-order valence-corrected chi connectivity index (χ4v) is 8.36. The normalized spacial score (nSPS) is 21.7. The highest BCUT2D eigenvalue weighted by atomic mass is 19.3. The lowest BCUT2D eigenvalue weighted by molar-refractivity contribution is -0.0510. The van der Waals surface area contributed by atoms with E-state index in [1.54, 1.807) is 4.90 Å². The van der Waals surface area contributed by atoms with E-state index < -0.39 is 46.6 Å². The Bertz CT molecular complexity index is 1980. The molecule has 5 heterocycles. The SMILES string of the molecule is C#Cc1c(F)ccc2cc(O)cc(-c3c(F)c(OC(F)F)c4c(N5CC6CCC(C5)N6)nc(OCC56CCCN5CCC6)nc4c3F)c12. The van der Waals surface area contributed by atoms with Crippen LogP contribution in [0.5, 0.6) is 17.5 Å². The minimum atomic E-state index is -3.50. The first-order chi connectivity index (χ1) is 23.2. The predicted octanol–water partition coefficient (Wildman–Crippen LogP) is 6.10. The molecule has 4 aliphatic heterocycles. The molecule has 0 radical (unpaired) electrons. The van der Waals surface area contributed by atoms with Crippen molar-refractivity contribution in [3.63, 3.8) is 0 Å². The third-order valence-electron chi connectivity index (χ3n) is 10.4. The molecule has 250 valence electrons. The number of benzene rings is 3. The van der Waals surface area contributed by atoms with Crippen molar-refractivity contribution >= 4 is 27.5 Å². The molecular formula is C35H32F5N5O3. The second kappa shape index (κ2) is 11.6. The van der Waals surface area contributed by atoms with Crippen molar-refractivity contribution in [1.29, 1.82) is 0 Å². The summed E-state index contributed by atoms with van der Waals surface area (Å²) in [6.45, 7) is -0.565. The highest BCUT2D eigenvalue weighted by molar-refractivity contribution is 6.06. The Hall–Kier alpha value is -4.41. The number of piperazine rings is 1. The Balaban J connectivity index is 1.38. The number of fused-ring (bicyclic) bond motifs is 5. The van der Waals surface area contributed by atoms with Gasteiger partial charge in [0.15, 0.2) is 17.4 Å². The molecule has 8 nitrogen and oxygen atoms in total. The topological polar surface area (TPSA) is 83.0 Å². The summed E-state index contributed by atoms with van der Waals surface area (Å²) in [6, 6.07) is 4.56. The number of phenolic OH excluding ortho intramolecular Hbond substituents is 1. The van der Waals surface area contributed by atoms with Crippen molar-refractivity contribution in [2.75, 3.05) is 37.7 Å². The average Bonchev–Trinajstić information content (AvgIpc) is 3.75. The molecule has 13 heteroatoms. The molecule has 3 aromatic carbocycles. The molecule has 0 aliphatic carbocycles. The van der Waals surface area contributed by atoms with Crippen LogP contribution in [0, 0.1) is 29.8 Å². The fourth-order valence-electron chi connectivity index (χ4n) is 8.36. The lowest BCUT2D eigenvalue weighted by atomic mass is 9.92. The largest absolute Gasteiger partial charge is 0.508 e. The maximum absolute atomic E-state index is 17.1. The molecular weight excluding hydrogens is 633 g/mol. The van der Waals surface area contributed by atoms with Gasteiger partial charge in [-0.3, -0.25) is 4.90 Å². The van der Waals surface area contributed by atoms with Crippen molar-refractivity contribution in [3.8, 4) is 41.0 Å². The number of hydrogen-bond donors (Lipinski definition) is 2. The van der Waals surface area contributed by atoms with E-state index in [4.69, 9.17) is 15.9 Å². The third-order valence-corrected chi connectivity index (χ3v) is 10.4. The van der Waals surface area contributed by atoms with E-state index in [2.05, 4.69) is 26.1 Å². The van der Waals surface area contributed by atoms with Gasteiger partial charge in [-0.05, 0) is 75.2 Å². The Morgan fingerprint density at radius 3 is 2.44 bits per heavy atom. The Kier molecular flexibility index (Phi) is 7.49. The predicted molar refractivity (Wildman–Crippen MR) is 169 cm³/mol. The third kappa shape index (κ3) is 4.96. The summed E-state index contributed by atoms with van der Waals surface area (Å²) in [5, 5.41) is 13.8. The van der Waals surface area contributed by atoms with Crippen molar-refractivity contribution in [2.24, 2.45) is 0 Å². The molecule has 2 unspecified atom stereocenters. The highest BCUT2D eigenvalue weighted by Crippen LogP contribution is 2.47. The van der Waals surface area contributed by atoms with Crippen LogP contribution in [0.25, 0.3) is 32.8 Å². The van der Waals surface area contributed by atoms with Crippen molar-refractivity contribution in [1.82, 2.24) is 20.2 Å². The number of rotatable bonds is 7. The zero-order chi connectivity index (χ0) is 33.3. The molecule has 4 fully saturated rings. The molecule has 4 saturated heterocycles. The van der Waals surface area contributed by atoms with Gasteiger partial charge in [-0.15, -0.1) is 6.42 Å². The highest BCUT2D eigenvalue weighted by Gasteiger charge is 2.45. The van der Waals surface area contributed by atoms with Gasteiger partial charge in [-0.1, -0.05) is 12.0 Å². The zero-order valence-corrected chi connectivity index (χ0v) is 25.8. The monoisotopic (exact) mass is 665 g/mol. The number of aromatic nitrogens is 2. The number of nitrogens with zero attached hydrogens (tertiary/aromatic N) is 4. The first-order valence-electron chi connectivity index (χ1n) is 16.1. The Morgan fingerprint density at radius 2 is 1.75 bits per heavy atom. The summed E-state index contributed by atoms with van der Waals surface area (Å²) in [6.07, 6.45) is 11.2. The second-order valence-electron chi connectivity index (χ2n) is 13.2. The minimum absolute atomic E-state index is 0.0109. The van der Waals surface area contributed by atoms with Gasteiger partial charge in [0.05, 0.1) is 22.1 Å². The number of alkyl halides is 2. The number of halogens is 5. The van der Waals surface area contributed by atoms with Crippen LogP contribution in [0.2, 0.25) is 0 Å². The Morgan fingerprint density at radius 1 is 1.02 bits per heavy atom. The quantitative estimate of drug-likeness (QED) is 0.181. The van der Waals surface area contributed by atoms with Gasteiger partial charge >= 0.3 is 12.6 Å². The number of hydrogen-bond acceptors (Lipinski definition) is 8. The van der Waals surface area contributed by atoms with Gasteiger partial charge in [0.2, 0.25) is 0 Å². The van der Waals surface area contributed by atoms with E-state index in [1.807, 2.05) is 0 Å². The molecule has 0 saturated carbocycles. The van der Waals surface area contributed by atoms with E-state index in [0.29, 0.717) is 13.1 Å². The van der Waals surface area contributed by atoms with E-state index in [-0.39, 0.29) is 63.3 Å². The molecule has 1 aromatic heterocycles. The smallest absolute Gasteiger partial charge is 0.387 e. The van der Waals surface area contributed by atoms with Crippen molar-refractivity contribution in [3.05, 3.63) is 47.3 Å². The van der Waals surface area contributed by atoms with Crippen LogP contribution in [0.4, 0.5) is 27.8 Å². The maximum Gasteiger partial charge on any atom is 0.387 e. The summed E-state index contributed by atoms with van der Waals surface area (Å²) in [5.74, 6) is -2.76. The van der Waals surface area contributed by atoms with E-state index >= 15 is 8.78 Å². The van der Waals surface area contributed by atoms with Crippen LogP contribution >= 0.6 is 0 Å². The van der Waals surface area contributed by atoms with Gasteiger partial charge in [0.25, 0.3) is 0 Å². The average molecular weight is 666 g/mol. The van der Waals surface area contributed by atoms with Gasteiger partial charge < -0.3 is 24.8 Å². The minimum Gasteiger partial charge on any atom is -0.508 e. The van der Waals surface area contributed by atoms with Crippen LogP contribution in [-0.4, -0.2) is 77.0 Å². The second-order valence-corrected chi connectivity index (χ2v) is 13.2. The van der Waals surface area contributed by atoms with Gasteiger partial charge in [0.1, 0.15) is 29.5 Å². The van der Waals surface area contributed by atoms with Crippen LogP contribution < -0.4 is 19.7 Å². The van der Waals surface area contributed by atoms with Crippen LogP contribution in [0.15, 0.2) is 24.3 Å². The summed E-state index contributed by atoms with van der Waals surface area (Å²) < 4.78 is 88.0. The number of phenols is 1. The van der Waals surface area contributed by atoms with E-state index in [1.165, 1.54) is 12.1 Å². The standard InChI is InChI=1S/C35H32F5N5O3/c1-2-22-24(36)8-5-18-13-21(46)14-23(25(18)22)26-28(37)30-27(31(29(26)38)48-33(39)40)32(44-15-19-6-7-20(16-44)41-19)43-34(42-30)47-17-35-9-3-11-45(35)12-4-10-35/h1,5,8,13-14,19-20,33,41,46H,3-4,6-7,9-12,15-17H2. The number of anilines is 1. The fraction of sp³-hybridized carbons (Fsp3) is 0.429. The molecule has 4 aliphatic rings. The molecule has 2 N–H and O–H groups in total. The number of ether oxygens (including phenoxy) is 2. The van der Waals surface area contributed by atoms with E-state index in [0.717, 1.165) is 63.7 Å². The van der Waals surface area contributed by atoms with Crippen LogP contribution in [0.3, 0.4) is 0 Å². The molecule has 48 heavy (non-hydrogen) atoms. The lowest BCUT2D eigenvalue weighted by Crippen LogP contribution is -2.51. The summed E-state index contributed by atoms with van der Waals surface area (Å²) in [7, 11) is 0. The number of terminal acetylenes is 1. The Labute approximate surface area is 272 Å². The first kappa shape index (κ1) is 30.9. The zero-order valence-electron chi connectivity index (χ0n) is 25.8. The number of nitrogens with one attached hydrogen (secondary N) is 1. The van der Waals surface area contributed by atoms with Crippen molar-refractivity contribution in [2.45, 2.75) is 62.8 Å². The first-order valence-corrected chi connectivity index (χ1v) is 16.1. The summed E-state index contributed by atoms with van der Waals surface area (Å²) >= 11 is 0. The molecule has 2 bridgehead atoms. The van der Waals surface area contributed by atoms with Crippen molar-refractivity contribution < 1.29 is 36.5 Å². The molecule has 8 rings (SSSR count). The number of aromatic hydroxyl groups is 1. The maximum atomic E-state index is 17.1. The van der Waals surface area contributed by atoms with Gasteiger partial charge in [0, 0.05) is 36.1 Å².